The van der Waals surface area contributed by atoms with Gasteiger partial charge in [0.05, 0.1) is 23.4 Å². The third-order valence-corrected chi connectivity index (χ3v) is 4.12. The molecule has 1 atom stereocenters. The van der Waals surface area contributed by atoms with Gasteiger partial charge in [0.25, 0.3) is 0 Å². The predicted octanol–water partition coefficient (Wildman–Crippen LogP) is 0.0139. The van der Waals surface area contributed by atoms with Crippen molar-refractivity contribution in [2.24, 2.45) is 7.05 Å². The second-order valence-corrected chi connectivity index (χ2v) is 5.60. The molecule has 3 N–H and O–H groups in total. The van der Waals surface area contributed by atoms with Crippen molar-refractivity contribution in [2.45, 2.75) is 25.2 Å². The number of aryl methyl sites for hydroxylation is 1. The van der Waals surface area contributed by atoms with Gasteiger partial charge in [-0.25, -0.2) is 4.79 Å². The molecular weight excluding hydrogens is 302 g/mol. The third-order valence-electron chi connectivity index (χ3n) is 4.12. The molecule has 2 heterocycles. The number of carboxylic acid groups (broad SMARTS) is 1. The fourth-order valence-electron chi connectivity index (χ4n) is 3.09. The number of benzene rings is 1. The Morgan fingerprint density at radius 3 is 2.74 bits per heavy atom. The summed E-state index contributed by atoms with van der Waals surface area (Å²) in [5.41, 5.74) is 1.65. The van der Waals surface area contributed by atoms with Crippen molar-refractivity contribution in [1.82, 2.24) is 14.9 Å². The number of aliphatic carboxylic acids is 1. The Kier molecular flexibility index (Phi) is 3.51. The monoisotopic (exact) mass is 317 g/mol. The summed E-state index contributed by atoms with van der Waals surface area (Å²) >= 11 is 0. The minimum absolute atomic E-state index is 0.178. The van der Waals surface area contributed by atoms with Crippen LogP contribution in [0.3, 0.4) is 0 Å². The van der Waals surface area contributed by atoms with Crippen LogP contribution in [0.15, 0.2) is 16.9 Å². The predicted molar refractivity (Wildman–Crippen MR) is 80.0 cm³/mol. The molecule has 0 radical (unpaired) electrons. The summed E-state index contributed by atoms with van der Waals surface area (Å²) in [4.78, 5) is 49.3. The number of aromatic amines is 1. The number of carbonyl (C=O) groups excluding carboxylic acids is 2. The molecule has 0 spiro atoms. The lowest BCUT2D eigenvalue weighted by Gasteiger charge is -2.24. The number of H-pyrrole nitrogens is 1. The quantitative estimate of drug-likeness (QED) is 0.689. The minimum Gasteiger partial charge on any atom is -0.481 e. The number of piperidine rings is 1. The Balaban J connectivity index is 2.26. The Morgan fingerprint density at radius 1 is 1.35 bits per heavy atom. The Labute approximate surface area is 130 Å². The van der Waals surface area contributed by atoms with Crippen LogP contribution in [0.4, 0.5) is 0 Å². The summed E-state index contributed by atoms with van der Waals surface area (Å²) in [7, 11) is 1.56. The summed E-state index contributed by atoms with van der Waals surface area (Å²) < 4.78 is 1.36. The number of aromatic nitrogens is 2. The highest BCUT2D eigenvalue weighted by Gasteiger charge is 2.32. The summed E-state index contributed by atoms with van der Waals surface area (Å²) in [5, 5.41) is 11.4. The number of carboxylic acids is 1. The number of fused-ring (bicyclic) bond motifs is 1. The summed E-state index contributed by atoms with van der Waals surface area (Å²) in [6.45, 7) is 0. The van der Waals surface area contributed by atoms with Gasteiger partial charge in [-0.1, -0.05) is 6.07 Å². The van der Waals surface area contributed by atoms with Gasteiger partial charge in [0, 0.05) is 13.5 Å². The highest BCUT2D eigenvalue weighted by Crippen LogP contribution is 2.33. The van der Waals surface area contributed by atoms with Crippen LogP contribution in [-0.2, 0) is 27.9 Å². The van der Waals surface area contributed by atoms with E-state index >= 15 is 0 Å². The standard InChI is InChI=1S/C15H15N3O5/c1-18-13-9(16-15(18)23)4-2-7(6-11(20)21)12(13)8-3-5-10(19)17-14(8)22/h2,4,8H,3,5-6H2,1H3,(H,16,23)(H,20,21)(H,17,19,22). The fraction of sp³-hybridized carbons (Fsp3) is 0.333. The molecule has 2 amide bonds. The van der Waals surface area contributed by atoms with Gasteiger partial charge in [0.1, 0.15) is 0 Å². The van der Waals surface area contributed by atoms with Crippen LogP contribution >= 0.6 is 0 Å². The van der Waals surface area contributed by atoms with Crippen LogP contribution in [0.2, 0.25) is 0 Å². The van der Waals surface area contributed by atoms with Crippen LogP contribution in [0.25, 0.3) is 11.0 Å². The van der Waals surface area contributed by atoms with Gasteiger partial charge in [-0.3, -0.25) is 24.3 Å². The van der Waals surface area contributed by atoms with Crippen molar-refractivity contribution in [3.05, 3.63) is 33.7 Å². The first kappa shape index (κ1) is 15.0. The highest BCUT2D eigenvalue weighted by atomic mass is 16.4. The van der Waals surface area contributed by atoms with E-state index in [-0.39, 0.29) is 30.9 Å². The molecule has 1 unspecified atom stereocenters. The molecule has 0 saturated carbocycles. The first-order valence-electron chi connectivity index (χ1n) is 7.14. The van der Waals surface area contributed by atoms with Crippen molar-refractivity contribution in [2.75, 3.05) is 0 Å². The molecule has 3 rings (SSSR count). The van der Waals surface area contributed by atoms with Crippen molar-refractivity contribution in [1.29, 1.82) is 0 Å². The van der Waals surface area contributed by atoms with Crippen LogP contribution in [-0.4, -0.2) is 32.4 Å². The molecule has 23 heavy (non-hydrogen) atoms. The van der Waals surface area contributed by atoms with Crippen molar-refractivity contribution >= 4 is 28.8 Å². The maximum absolute atomic E-state index is 12.2. The normalized spacial score (nSPS) is 18.2. The van der Waals surface area contributed by atoms with Gasteiger partial charge < -0.3 is 10.1 Å². The van der Waals surface area contributed by atoms with Gasteiger partial charge in [-0.05, 0) is 23.6 Å². The van der Waals surface area contributed by atoms with Crippen LogP contribution in [0.1, 0.15) is 29.9 Å². The zero-order chi connectivity index (χ0) is 16.7. The molecule has 120 valence electrons. The molecule has 1 aliphatic heterocycles. The van der Waals surface area contributed by atoms with E-state index in [9.17, 15) is 19.2 Å². The minimum atomic E-state index is -1.03. The van der Waals surface area contributed by atoms with E-state index in [4.69, 9.17) is 5.11 Å². The van der Waals surface area contributed by atoms with Crippen molar-refractivity contribution in [3.8, 4) is 0 Å². The number of hydrogen-bond donors (Lipinski definition) is 3. The van der Waals surface area contributed by atoms with Gasteiger partial charge in [-0.15, -0.1) is 0 Å². The van der Waals surface area contributed by atoms with E-state index in [0.717, 1.165) is 0 Å². The number of imide groups is 1. The summed E-state index contributed by atoms with van der Waals surface area (Å²) in [6.07, 6.45) is 0.204. The largest absolute Gasteiger partial charge is 0.481 e. The molecule has 0 bridgehead atoms. The molecule has 1 aromatic heterocycles. The third kappa shape index (κ3) is 2.52. The average Bonchev–Trinajstić information content (AvgIpc) is 2.75. The number of rotatable bonds is 3. The van der Waals surface area contributed by atoms with E-state index in [1.165, 1.54) is 4.57 Å². The SMILES string of the molecule is Cn1c(=O)[nH]c2ccc(CC(=O)O)c(C3CCC(=O)NC3=O)c21. The van der Waals surface area contributed by atoms with E-state index < -0.39 is 17.8 Å². The van der Waals surface area contributed by atoms with Crippen molar-refractivity contribution in [3.63, 3.8) is 0 Å². The lowest BCUT2D eigenvalue weighted by Crippen LogP contribution is -2.40. The molecule has 8 nitrogen and oxygen atoms in total. The lowest BCUT2D eigenvalue weighted by molar-refractivity contribution is -0.137. The van der Waals surface area contributed by atoms with E-state index in [2.05, 4.69) is 10.3 Å². The van der Waals surface area contributed by atoms with Crippen LogP contribution < -0.4 is 11.0 Å². The number of nitrogens with one attached hydrogen (secondary N) is 2. The molecule has 2 aromatic rings. The Hall–Kier alpha value is -2.90. The van der Waals surface area contributed by atoms with Crippen LogP contribution in [0.5, 0.6) is 0 Å². The zero-order valence-corrected chi connectivity index (χ0v) is 12.4. The fourth-order valence-corrected chi connectivity index (χ4v) is 3.09. The summed E-state index contributed by atoms with van der Waals surface area (Å²) in [6, 6.07) is 3.23. The lowest BCUT2D eigenvalue weighted by atomic mass is 9.85. The van der Waals surface area contributed by atoms with Gasteiger partial charge in [-0.2, -0.15) is 0 Å². The second kappa shape index (κ2) is 5.38. The number of nitrogens with zero attached hydrogens (tertiary/aromatic N) is 1. The Bertz CT molecular complexity index is 892. The molecule has 1 saturated heterocycles. The molecule has 1 fully saturated rings. The zero-order valence-electron chi connectivity index (χ0n) is 12.4. The van der Waals surface area contributed by atoms with E-state index in [1.807, 2.05) is 0 Å². The number of hydrogen-bond acceptors (Lipinski definition) is 4. The second-order valence-electron chi connectivity index (χ2n) is 5.60. The van der Waals surface area contributed by atoms with Crippen molar-refractivity contribution < 1.29 is 19.5 Å². The van der Waals surface area contributed by atoms with E-state index in [0.29, 0.717) is 22.2 Å². The smallest absolute Gasteiger partial charge is 0.326 e. The maximum atomic E-state index is 12.2. The van der Waals surface area contributed by atoms with Gasteiger partial charge in [0.15, 0.2) is 0 Å². The maximum Gasteiger partial charge on any atom is 0.326 e. The summed E-state index contributed by atoms with van der Waals surface area (Å²) in [5.74, 6) is -2.50. The van der Waals surface area contributed by atoms with Gasteiger partial charge >= 0.3 is 11.7 Å². The average molecular weight is 317 g/mol. The first-order valence-corrected chi connectivity index (χ1v) is 7.14. The molecule has 1 aromatic carbocycles. The first-order chi connectivity index (χ1) is 10.9. The van der Waals surface area contributed by atoms with E-state index in [1.54, 1.807) is 19.2 Å². The van der Waals surface area contributed by atoms with Crippen LogP contribution in [0, 0.1) is 0 Å². The topological polar surface area (TPSA) is 121 Å². The Morgan fingerprint density at radius 2 is 2.09 bits per heavy atom. The molecule has 1 aliphatic rings. The highest BCUT2D eigenvalue weighted by molar-refractivity contribution is 6.03. The molecule has 0 aliphatic carbocycles. The number of amides is 2. The van der Waals surface area contributed by atoms with Gasteiger partial charge in [0.2, 0.25) is 11.8 Å². The molecule has 8 heteroatoms. The number of imidazole rings is 1. The number of carbonyl (C=O) groups is 3. The molecular formula is C15H15N3O5.